The van der Waals surface area contributed by atoms with E-state index in [9.17, 15) is 43.2 Å². The minimum Gasteiger partial charge on any atom is -0.480 e. The van der Waals surface area contributed by atoms with Gasteiger partial charge in [0.05, 0.1) is 19.6 Å². The third-order valence-corrected chi connectivity index (χ3v) is 7.05. The molecule has 9 amide bonds. The number of aliphatic carboxylic acids is 1. The molecule has 0 rings (SSSR count). The lowest BCUT2D eigenvalue weighted by atomic mass is 10.3. The second-order valence-electron chi connectivity index (χ2n) is 12.3. The number of likely N-dealkylation sites (N-methyl/N-ethyl adjacent to an activating group) is 7. The van der Waals surface area contributed by atoms with E-state index in [1.54, 1.807) is 57.0 Å². The van der Waals surface area contributed by atoms with Crippen LogP contribution in [0.25, 0.3) is 0 Å². The Morgan fingerprint density at radius 2 is 0.810 bits per heavy atom. The van der Waals surface area contributed by atoms with Gasteiger partial charge in [0, 0.05) is 95.5 Å². The Morgan fingerprint density at radius 1 is 0.517 bits per heavy atom. The smallest absolute Gasteiger partial charge is 0.323 e. The number of hydrogen-bond acceptors (Lipinski definition) is 11. The Balaban J connectivity index is -0.000000106. The number of rotatable bonds is 19. The Kier molecular flexibility index (Phi) is 55.6. The van der Waals surface area contributed by atoms with E-state index in [2.05, 4.69) is 43.4 Å². The molecule has 0 fully saturated rings. The molecule has 0 aromatic carbocycles. The van der Waals surface area contributed by atoms with Crippen LogP contribution in [-0.4, -0.2) is 235 Å². The highest BCUT2D eigenvalue weighted by Gasteiger charge is 2.08. The number of carboxylic acid groups (broad SMARTS) is 1. The highest BCUT2D eigenvalue weighted by atomic mass is 16.4. The highest BCUT2D eigenvalue weighted by molar-refractivity contribution is 5.80. The Hall–Kier alpha value is -5.34. The van der Waals surface area contributed by atoms with Gasteiger partial charge in [0.15, 0.2) is 0 Å². The van der Waals surface area contributed by atoms with Gasteiger partial charge in [-0.05, 0) is 48.2 Å². The molecule has 0 bridgehead atoms. The van der Waals surface area contributed by atoms with Crippen molar-refractivity contribution in [2.24, 2.45) is 0 Å². The molecule has 0 aliphatic carbocycles. The molecule has 0 unspecified atom stereocenters. The van der Waals surface area contributed by atoms with Crippen molar-refractivity contribution in [1.29, 1.82) is 0 Å². The van der Waals surface area contributed by atoms with Gasteiger partial charge in [-0.2, -0.15) is 0 Å². The summed E-state index contributed by atoms with van der Waals surface area (Å²) < 4.78 is 0. The van der Waals surface area contributed by atoms with Gasteiger partial charge in [0.1, 0.15) is 6.54 Å². The number of amides is 9. The van der Waals surface area contributed by atoms with Crippen LogP contribution < -0.4 is 10.6 Å². The topological polar surface area (TPSA) is 241 Å². The van der Waals surface area contributed by atoms with Gasteiger partial charge < -0.3 is 54.9 Å². The van der Waals surface area contributed by atoms with Gasteiger partial charge in [-0.1, -0.05) is 13.8 Å². The van der Waals surface area contributed by atoms with E-state index < -0.39 is 5.97 Å². The van der Waals surface area contributed by atoms with E-state index in [1.807, 2.05) is 34.7 Å². The molecule has 0 aromatic heterocycles. The monoisotopic (exact) mass is 839 g/mol. The third kappa shape index (κ3) is 55.0. The van der Waals surface area contributed by atoms with Gasteiger partial charge in [-0.15, -0.1) is 0 Å². The lowest BCUT2D eigenvalue weighted by Gasteiger charge is -2.17. The molecule has 0 atom stereocenters. The number of carbonyl (C=O) groups is 10. The second kappa shape index (κ2) is 47.8. The molecule has 0 aliphatic heterocycles. The molecule has 0 saturated carbocycles. The molecule has 0 aromatic rings. The summed E-state index contributed by atoms with van der Waals surface area (Å²) in [5, 5.41) is 12.7. The summed E-state index contributed by atoms with van der Waals surface area (Å²) in [6, 6.07) is 0.699. The van der Waals surface area contributed by atoms with Gasteiger partial charge in [0.25, 0.3) is 0 Å². The predicted octanol–water partition coefficient (Wildman–Crippen LogP) is -1.33. The summed E-state index contributed by atoms with van der Waals surface area (Å²) >= 11 is 0. The fraction of sp³-hybridized carbons (Fsp3) is 0.730. The summed E-state index contributed by atoms with van der Waals surface area (Å²) in [6.45, 7) is 17.7. The van der Waals surface area contributed by atoms with E-state index in [0.717, 1.165) is 18.0 Å². The lowest BCUT2D eigenvalue weighted by molar-refractivity contribution is -0.140. The molecule has 3 N–H and O–H groups in total. The van der Waals surface area contributed by atoms with Gasteiger partial charge in [0.2, 0.25) is 55.7 Å². The molecule has 21 heteroatoms. The predicted molar refractivity (Wildman–Crippen MR) is 225 cm³/mol. The van der Waals surface area contributed by atoms with Crippen LogP contribution in [0.3, 0.4) is 0 Å². The van der Waals surface area contributed by atoms with Crippen molar-refractivity contribution in [3.05, 3.63) is 0 Å². The third-order valence-electron chi connectivity index (χ3n) is 7.05. The van der Waals surface area contributed by atoms with Gasteiger partial charge in [-0.3, -0.25) is 47.9 Å². The quantitative estimate of drug-likeness (QED) is 0.128. The van der Waals surface area contributed by atoms with Crippen LogP contribution >= 0.6 is 0 Å². The van der Waals surface area contributed by atoms with Crippen LogP contribution in [0, 0.1) is 0 Å². The largest absolute Gasteiger partial charge is 0.480 e. The summed E-state index contributed by atoms with van der Waals surface area (Å²) in [7, 11) is 16.6. The number of carboxylic acids is 1. The summed E-state index contributed by atoms with van der Waals surface area (Å²) in [4.78, 5) is 114. The van der Waals surface area contributed by atoms with E-state index in [0.29, 0.717) is 57.6 Å². The normalized spacial score (nSPS) is 8.74. The lowest BCUT2D eigenvalue weighted by Crippen LogP contribution is -2.35. The first-order valence-electron chi connectivity index (χ1n) is 18.5. The van der Waals surface area contributed by atoms with E-state index in [1.165, 1.54) is 28.8 Å². The molecule has 0 spiro atoms. The second-order valence-corrected chi connectivity index (χ2v) is 12.3. The van der Waals surface area contributed by atoms with Crippen LogP contribution in [-0.2, 0) is 47.9 Å². The van der Waals surface area contributed by atoms with Crippen molar-refractivity contribution in [2.45, 2.75) is 60.9 Å². The number of nitrogens with zero attached hydrogens (tertiary/aromatic N) is 8. The fourth-order valence-electron chi connectivity index (χ4n) is 2.50. The zero-order chi connectivity index (χ0) is 47.4. The van der Waals surface area contributed by atoms with Crippen LogP contribution in [0.4, 0.5) is 0 Å². The molecule has 0 aliphatic rings. The van der Waals surface area contributed by atoms with Crippen LogP contribution in [0.1, 0.15) is 54.9 Å². The maximum Gasteiger partial charge on any atom is 0.323 e. The van der Waals surface area contributed by atoms with Crippen molar-refractivity contribution in [1.82, 2.24) is 49.8 Å². The average molecular weight is 839 g/mol. The molecule has 21 nitrogen and oxygen atoms in total. The standard InChI is InChI=1S/2C7H14N2O2.C6H13NO.C6H15N.C5H10N2O2.C4H7NO3.C2H5NO/c2*1-4-9(3)7(11)5-8(2)6-10;1-4-6(8)7(3)5-2;1-5-7(4)6(2)3;1-6-5(9)3-7(2)4-8;1-5(3-6)2-4(7)8;1-3-2-4/h2*6H,4-5H2,1-3H3;4-5H2,1-3H3;6H,5H2,1-4H3;4H,3H2,1-2H3,(H,6,9);3H,2H2,1H3,(H,7,8);2H,1H3,(H,3,4). The molecule has 342 valence electrons. The minimum absolute atomic E-state index is 0.0397. The molecule has 0 saturated heterocycles. The summed E-state index contributed by atoms with van der Waals surface area (Å²) in [5.74, 6) is -1.03. The summed E-state index contributed by atoms with van der Waals surface area (Å²) in [5.41, 5.74) is 0. The molecule has 0 radical (unpaired) electrons. The van der Waals surface area contributed by atoms with Crippen LogP contribution in [0.5, 0.6) is 0 Å². The van der Waals surface area contributed by atoms with E-state index in [-0.39, 0.29) is 49.8 Å². The van der Waals surface area contributed by atoms with Crippen molar-refractivity contribution >= 4 is 61.6 Å². The highest BCUT2D eigenvalue weighted by Crippen LogP contribution is 1.90. The SMILES string of the molecule is CCC(=O)N(C)CC.CCN(C)C(=O)CN(C)C=O.CCN(C)C(=O)CN(C)C=O.CCN(C)C(C)C.CN(C=O)CC(=O)O.CNC(=O)CN(C)C=O.CNC=O. The van der Waals surface area contributed by atoms with Gasteiger partial charge in [-0.25, -0.2) is 0 Å². The summed E-state index contributed by atoms with van der Waals surface area (Å²) in [6.07, 6.45) is 3.59. The van der Waals surface area contributed by atoms with Crippen molar-refractivity contribution < 1.29 is 53.1 Å². The zero-order valence-corrected chi connectivity index (χ0v) is 38.4. The fourth-order valence-corrected chi connectivity index (χ4v) is 2.50. The van der Waals surface area contributed by atoms with Crippen molar-refractivity contribution in [3.63, 3.8) is 0 Å². The molecular formula is C37H78N10O11. The Labute approximate surface area is 348 Å². The molecular weight excluding hydrogens is 760 g/mol. The Morgan fingerprint density at radius 3 is 0.966 bits per heavy atom. The first-order chi connectivity index (χ1) is 26.9. The Bertz CT molecular complexity index is 1070. The van der Waals surface area contributed by atoms with Crippen molar-refractivity contribution in [2.75, 3.05) is 123 Å². The van der Waals surface area contributed by atoms with Crippen LogP contribution in [0.2, 0.25) is 0 Å². The molecule has 0 heterocycles. The van der Waals surface area contributed by atoms with Gasteiger partial charge >= 0.3 is 5.97 Å². The number of nitrogens with one attached hydrogen (secondary N) is 2. The maximum atomic E-state index is 11.1. The zero-order valence-electron chi connectivity index (χ0n) is 38.4. The minimum atomic E-state index is -1.00. The van der Waals surface area contributed by atoms with Crippen molar-refractivity contribution in [3.8, 4) is 0 Å². The first-order valence-corrected chi connectivity index (χ1v) is 18.5. The number of hydrogen-bond donors (Lipinski definition) is 3. The molecule has 58 heavy (non-hydrogen) atoms. The average Bonchev–Trinajstić information content (AvgIpc) is 3.22. The van der Waals surface area contributed by atoms with E-state index >= 15 is 0 Å². The number of carbonyl (C=O) groups excluding carboxylic acids is 9. The first kappa shape index (κ1) is 67.4. The van der Waals surface area contributed by atoms with E-state index in [4.69, 9.17) is 9.90 Å². The van der Waals surface area contributed by atoms with Crippen LogP contribution in [0.15, 0.2) is 0 Å². The maximum absolute atomic E-state index is 11.1.